The highest BCUT2D eigenvalue weighted by atomic mass is 16.8. The fourth-order valence-electron chi connectivity index (χ4n) is 6.86. The van der Waals surface area contributed by atoms with Gasteiger partial charge in [0, 0.05) is 34.4 Å². The molecule has 1 aromatic carbocycles. The molecule has 2 aromatic rings. The molecule has 1 saturated heterocycles. The predicted octanol–water partition coefficient (Wildman–Crippen LogP) is -0.802. The number of rotatable bonds is 5. The van der Waals surface area contributed by atoms with E-state index in [-0.39, 0.29) is 18.0 Å². The lowest BCUT2D eigenvalue weighted by Crippen LogP contribution is -2.60. The SMILES string of the molecule is COC(=O)C1=CO[C@@H](O[C@@H]2O[C@H](CO)[C@@H](O)[C@H](O)[C@H]2O)[C@H]2[C@H]([C@H]3NCCc4c3[nH]c3ccccc43)[C@H](O)C[C@@H]12. The number of carbonyl (C=O) groups is 1. The summed E-state index contributed by atoms with van der Waals surface area (Å²) in [7, 11) is 1.27. The van der Waals surface area contributed by atoms with Crippen molar-refractivity contribution in [3.63, 3.8) is 0 Å². The zero-order valence-electron chi connectivity index (χ0n) is 21.3. The molecule has 4 heterocycles. The summed E-state index contributed by atoms with van der Waals surface area (Å²) in [4.78, 5) is 16.2. The number of carbonyl (C=O) groups excluding carboxylic acids is 1. The van der Waals surface area contributed by atoms with Crippen LogP contribution in [0.3, 0.4) is 0 Å². The average Bonchev–Trinajstić information content (AvgIpc) is 3.50. The Kier molecular flexibility index (Phi) is 7.14. The van der Waals surface area contributed by atoms with Gasteiger partial charge in [-0.15, -0.1) is 0 Å². The Labute approximate surface area is 224 Å². The number of benzene rings is 1. The number of hydrogen-bond acceptors (Lipinski definition) is 11. The maximum Gasteiger partial charge on any atom is 0.337 e. The lowest BCUT2D eigenvalue weighted by Gasteiger charge is -2.44. The van der Waals surface area contributed by atoms with Crippen molar-refractivity contribution >= 4 is 16.9 Å². The van der Waals surface area contributed by atoms with Crippen molar-refractivity contribution in [1.29, 1.82) is 0 Å². The molecule has 12 nitrogen and oxygen atoms in total. The van der Waals surface area contributed by atoms with Gasteiger partial charge in [-0.2, -0.15) is 0 Å². The number of methoxy groups -OCH3 is 1. The molecule has 7 N–H and O–H groups in total. The second kappa shape index (κ2) is 10.5. The van der Waals surface area contributed by atoms with E-state index in [1.807, 2.05) is 18.2 Å². The molecule has 1 aromatic heterocycles. The number of hydrogen-bond donors (Lipinski definition) is 7. The fourth-order valence-corrected chi connectivity index (χ4v) is 6.86. The second-order valence-corrected chi connectivity index (χ2v) is 10.7. The summed E-state index contributed by atoms with van der Waals surface area (Å²) in [5.74, 6) is -2.13. The number of fused-ring (bicyclic) bond motifs is 4. The molecular formula is C27H34N2O10. The van der Waals surface area contributed by atoms with Crippen LogP contribution in [0.15, 0.2) is 36.1 Å². The molecule has 0 unspecified atom stereocenters. The summed E-state index contributed by atoms with van der Waals surface area (Å²) < 4.78 is 22.5. The Bertz CT molecular complexity index is 1250. The monoisotopic (exact) mass is 546 g/mol. The van der Waals surface area contributed by atoms with Crippen LogP contribution >= 0.6 is 0 Å². The van der Waals surface area contributed by atoms with Gasteiger partial charge in [0.1, 0.15) is 24.4 Å². The molecule has 6 rings (SSSR count). The van der Waals surface area contributed by atoms with Crippen molar-refractivity contribution in [3.05, 3.63) is 47.4 Å². The molecular weight excluding hydrogens is 512 g/mol. The minimum Gasteiger partial charge on any atom is -0.472 e. The molecule has 4 aliphatic rings. The number of H-pyrrole nitrogens is 1. The molecule has 0 bridgehead atoms. The summed E-state index contributed by atoms with van der Waals surface area (Å²) >= 11 is 0. The Morgan fingerprint density at radius 1 is 1.08 bits per heavy atom. The van der Waals surface area contributed by atoms with E-state index in [9.17, 15) is 30.3 Å². The first-order valence-electron chi connectivity index (χ1n) is 13.2. The van der Waals surface area contributed by atoms with E-state index in [1.54, 1.807) is 0 Å². The number of aromatic nitrogens is 1. The van der Waals surface area contributed by atoms with Gasteiger partial charge in [-0.25, -0.2) is 4.79 Å². The molecule has 11 atom stereocenters. The van der Waals surface area contributed by atoms with E-state index < -0.39 is 73.4 Å². The largest absolute Gasteiger partial charge is 0.472 e. The highest BCUT2D eigenvalue weighted by Gasteiger charge is 2.57. The zero-order chi connectivity index (χ0) is 27.4. The van der Waals surface area contributed by atoms with E-state index in [0.29, 0.717) is 6.54 Å². The van der Waals surface area contributed by atoms with Gasteiger partial charge < -0.3 is 54.8 Å². The van der Waals surface area contributed by atoms with Crippen LogP contribution < -0.4 is 5.32 Å². The molecule has 0 radical (unpaired) electrons. The summed E-state index contributed by atoms with van der Waals surface area (Å²) in [5, 5.41) is 56.7. The maximum atomic E-state index is 12.7. The first kappa shape index (κ1) is 26.7. The van der Waals surface area contributed by atoms with Crippen LogP contribution in [0.5, 0.6) is 0 Å². The summed E-state index contributed by atoms with van der Waals surface area (Å²) in [6.07, 6.45) is -7.02. The fraction of sp³-hybridized carbons (Fsp3) is 0.593. The van der Waals surface area contributed by atoms with Gasteiger partial charge in [0.2, 0.25) is 6.29 Å². The number of ether oxygens (including phenoxy) is 4. The Balaban J connectivity index is 1.36. The van der Waals surface area contributed by atoms with Crippen molar-refractivity contribution in [1.82, 2.24) is 10.3 Å². The van der Waals surface area contributed by atoms with Crippen LogP contribution in [0.4, 0.5) is 0 Å². The molecule has 3 aliphatic heterocycles. The smallest absolute Gasteiger partial charge is 0.337 e. The van der Waals surface area contributed by atoms with Crippen LogP contribution in [0, 0.1) is 17.8 Å². The van der Waals surface area contributed by atoms with Crippen LogP contribution in [-0.4, -0.2) is 99.8 Å². The Morgan fingerprint density at radius 2 is 1.87 bits per heavy atom. The summed E-state index contributed by atoms with van der Waals surface area (Å²) in [6.45, 7) is 0.0736. The lowest BCUT2D eigenvalue weighted by atomic mass is 9.77. The van der Waals surface area contributed by atoms with Crippen LogP contribution in [0.2, 0.25) is 0 Å². The van der Waals surface area contributed by atoms with Crippen molar-refractivity contribution in [2.75, 3.05) is 20.3 Å². The second-order valence-electron chi connectivity index (χ2n) is 10.7. The summed E-state index contributed by atoms with van der Waals surface area (Å²) in [6, 6.07) is 7.69. The first-order chi connectivity index (χ1) is 18.8. The number of aliphatic hydroxyl groups is 5. The van der Waals surface area contributed by atoms with Gasteiger partial charge in [-0.3, -0.25) is 0 Å². The van der Waals surface area contributed by atoms with Gasteiger partial charge in [0.05, 0.1) is 37.7 Å². The van der Waals surface area contributed by atoms with Gasteiger partial charge in [0.25, 0.3) is 0 Å². The molecule has 12 heteroatoms. The number of aromatic amines is 1. The standard InChI is InChI=1S/C27H34N2O10/c1-36-25(35)14-10-37-26(39-27-24(34)23(33)22(32)17(9-30)38-27)18-13(14)8-16(31)19(18)21-20-12(6-7-28-21)11-4-2-3-5-15(11)29-20/h2-5,10,13,16-19,21-24,26-34H,6-9H2,1H3/t13-,16+,17+,18+,19+,21+,22+,23-,24+,26-,27-/m0/s1. The normalized spacial score (nSPS) is 39.9. The lowest BCUT2D eigenvalue weighted by molar-refractivity contribution is -0.343. The molecule has 0 amide bonds. The minimum absolute atomic E-state index is 0.252. The first-order valence-corrected chi connectivity index (χ1v) is 13.2. The third-order valence-electron chi connectivity index (χ3n) is 8.71. The van der Waals surface area contributed by atoms with Crippen LogP contribution in [0.25, 0.3) is 10.9 Å². The molecule has 1 aliphatic carbocycles. The molecule has 39 heavy (non-hydrogen) atoms. The quantitative estimate of drug-likeness (QED) is 0.233. The van der Waals surface area contributed by atoms with E-state index in [4.69, 9.17) is 18.9 Å². The summed E-state index contributed by atoms with van der Waals surface area (Å²) in [5.41, 5.74) is 3.37. The average molecular weight is 547 g/mol. The van der Waals surface area contributed by atoms with Crippen LogP contribution in [0.1, 0.15) is 23.7 Å². The molecule has 212 valence electrons. The maximum absolute atomic E-state index is 12.7. The van der Waals surface area contributed by atoms with Gasteiger partial charge >= 0.3 is 5.97 Å². The number of nitrogens with one attached hydrogen (secondary N) is 2. The number of aliphatic hydroxyl groups excluding tert-OH is 5. The van der Waals surface area contributed by atoms with E-state index in [1.165, 1.54) is 13.4 Å². The van der Waals surface area contributed by atoms with Crippen molar-refractivity contribution < 1.29 is 49.3 Å². The highest BCUT2D eigenvalue weighted by Crippen LogP contribution is 2.53. The topological polar surface area (TPSA) is 183 Å². The molecule has 1 saturated carbocycles. The van der Waals surface area contributed by atoms with Gasteiger partial charge in [0.15, 0.2) is 6.29 Å². The van der Waals surface area contributed by atoms with Crippen LogP contribution in [-0.2, 0) is 30.2 Å². The predicted molar refractivity (Wildman–Crippen MR) is 134 cm³/mol. The van der Waals surface area contributed by atoms with Crippen molar-refractivity contribution in [2.24, 2.45) is 17.8 Å². The van der Waals surface area contributed by atoms with Gasteiger partial charge in [-0.05, 0) is 31.0 Å². The van der Waals surface area contributed by atoms with E-state index in [2.05, 4.69) is 16.4 Å². The number of para-hydroxylation sites is 1. The van der Waals surface area contributed by atoms with E-state index >= 15 is 0 Å². The van der Waals surface area contributed by atoms with Crippen molar-refractivity contribution in [2.45, 2.75) is 62.0 Å². The third kappa shape index (κ3) is 4.35. The van der Waals surface area contributed by atoms with Crippen molar-refractivity contribution in [3.8, 4) is 0 Å². The number of esters is 1. The van der Waals surface area contributed by atoms with Gasteiger partial charge in [-0.1, -0.05) is 18.2 Å². The third-order valence-corrected chi connectivity index (χ3v) is 8.71. The highest BCUT2D eigenvalue weighted by molar-refractivity contribution is 5.89. The Hall–Kier alpha value is -2.55. The zero-order valence-corrected chi connectivity index (χ0v) is 21.3. The molecule has 2 fully saturated rings. The Morgan fingerprint density at radius 3 is 2.64 bits per heavy atom. The molecule has 0 spiro atoms. The minimum atomic E-state index is -1.63. The van der Waals surface area contributed by atoms with E-state index in [0.717, 1.165) is 28.6 Å².